The van der Waals surface area contributed by atoms with Crippen LogP contribution in [0.3, 0.4) is 0 Å². The van der Waals surface area contributed by atoms with Gasteiger partial charge in [0.25, 0.3) is 5.91 Å². The zero-order chi connectivity index (χ0) is 14.8. The van der Waals surface area contributed by atoms with Gasteiger partial charge in [-0.05, 0) is 29.9 Å². The van der Waals surface area contributed by atoms with E-state index < -0.39 is 11.3 Å². The molecule has 1 saturated carbocycles. The van der Waals surface area contributed by atoms with Crippen LogP contribution in [-0.2, 0) is 19.7 Å². The first-order valence-electron chi connectivity index (χ1n) is 7.02. The first-order valence-corrected chi connectivity index (χ1v) is 7.02. The molecule has 0 radical (unpaired) electrons. The molecule has 0 bridgehead atoms. The number of esters is 1. The van der Waals surface area contributed by atoms with Crippen molar-refractivity contribution in [1.29, 1.82) is 0 Å². The van der Waals surface area contributed by atoms with Crippen molar-refractivity contribution in [2.24, 2.45) is 5.73 Å². The number of amides is 1. The van der Waals surface area contributed by atoms with E-state index in [-0.39, 0.29) is 12.6 Å². The average molecular weight is 275 g/mol. The molecule has 0 saturated heterocycles. The third-order valence-corrected chi connectivity index (χ3v) is 4.07. The number of carbonyl (C=O) groups is 2. The van der Waals surface area contributed by atoms with E-state index in [0.29, 0.717) is 5.92 Å². The Kier molecular flexibility index (Phi) is 4.12. The van der Waals surface area contributed by atoms with Gasteiger partial charge in [-0.2, -0.15) is 0 Å². The lowest BCUT2D eigenvalue weighted by molar-refractivity contribution is -0.157. The number of rotatable bonds is 5. The Morgan fingerprint density at radius 2 is 1.85 bits per heavy atom. The minimum atomic E-state index is -0.622. The minimum absolute atomic E-state index is 0.333. The molecule has 108 valence electrons. The normalized spacial score (nSPS) is 16.6. The van der Waals surface area contributed by atoms with Gasteiger partial charge in [-0.25, -0.2) is 0 Å². The van der Waals surface area contributed by atoms with Crippen molar-refractivity contribution in [3.8, 4) is 0 Å². The summed E-state index contributed by atoms with van der Waals surface area (Å²) in [6.45, 7) is 3.93. The van der Waals surface area contributed by atoms with E-state index >= 15 is 0 Å². The summed E-state index contributed by atoms with van der Waals surface area (Å²) in [5.74, 6) is -0.494. The molecular weight excluding hydrogens is 254 g/mol. The van der Waals surface area contributed by atoms with Gasteiger partial charge < -0.3 is 10.5 Å². The lowest BCUT2D eigenvalue weighted by Crippen LogP contribution is -2.44. The Hall–Kier alpha value is -1.84. The SMILES string of the molecule is CC(C)c1ccc(C2(C(=O)OCC(N)=O)CCC2)cc1. The quantitative estimate of drug-likeness (QED) is 0.838. The molecule has 0 aromatic heterocycles. The molecule has 1 amide bonds. The highest BCUT2D eigenvalue weighted by atomic mass is 16.5. The fourth-order valence-corrected chi connectivity index (χ4v) is 2.60. The van der Waals surface area contributed by atoms with Gasteiger partial charge in [0.05, 0.1) is 5.41 Å². The molecule has 4 nitrogen and oxygen atoms in total. The maximum atomic E-state index is 12.2. The molecule has 1 aromatic carbocycles. The second-order valence-electron chi connectivity index (χ2n) is 5.75. The molecule has 1 fully saturated rings. The third kappa shape index (κ3) is 2.69. The highest BCUT2D eigenvalue weighted by molar-refractivity contribution is 5.86. The van der Waals surface area contributed by atoms with Crippen LogP contribution in [0, 0.1) is 0 Å². The van der Waals surface area contributed by atoms with Gasteiger partial charge in [0.1, 0.15) is 0 Å². The van der Waals surface area contributed by atoms with E-state index in [1.54, 1.807) is 0 Å². The Balaban J connectivity index is 2.18. The van der Waals surface area contributed by atoms with Crippen LogP contribution in [0.25, 0.3) is 0 Å². The fourth-order valence-electron chi connectivity index (χ4n) is 2.60. The Morgan fingerprint density at radius 1 is 1.25 bits per heavy atom. The molecule has 1 aliphatic carbocycles. The van der Waals surface area contributed by atoms with Crippen LogP contribution in [0.2, 0.25) is 0 Å². The molecule has 4 heteroatoms. The van der Waals surface area contributed by atoms with Crippen LogP contribution in [0.5, 0.6) is 0 Å². The van der Waals surface area contributed by atoms with Crippen molar-refractivity contribution in [2.75, 3.05) is 6.61 Å². The van der Waals surface area contributed by atoms with Crippen molar-refractivity contribution in [1.82, 2.24) is 0 Å². The highest BCUT2D eigenvalue weighted by Gasteiger charge is 2.47. The number of ether oxygens (including phenoxy) is 1. The van der Waals surface area contributed by atoms with Gasteiger partial charge in [0, 0.05) is 0 Å². The Morgan fingerprint density at radius 3 is 2.25 bits per heavy atom. The summed E-state index contributed by atoms with van der Waals surface area (Å²) in [5.41, 5.74) is 6.66. The molecule has 1 aromatic rings. The fraction of sp³-hybridized carbons (Fsp3) is 0.500. The summed E-state index contributed by atoms with van der Waals surface area (Å²) in [7, 11) is 0. The number of benzene rings is 1. The van der Waals surface area contributed by atoms with Gasteiger partial charge in [0.15, 0.2) is 6.61 Å². The van der Waals surface area contributed by atoms with Crippen molar-refractivity contribution in [3.63, 3.8) is 0 Å². The number of nitrogens with two attached hydrogens (primary N) is 1. The standard InChI is InChI=1S/C16H21NO3/c1-11(2)12-4-6-13(7-5-12)16(8-3-9-16)15(19)20-10-14(17)18/h4-7,11H,3,8-10H2,1-2H3,(H2,17,18). The molecule has 2 rings (SSSR count). The summed E-state index contributed by atoms with van der Waals surface area (Å²) in [5, 5.41) is 0. The molecule has 0 atom stereocenters. The lowest BCUT2D eigenvalue weighted by atomic mass is 9.64. The molecule has 0 aliphatic heterocycles. The summed E-state index contributed by atoms with van der Waals surface area (Å²) < 4.78 is 5.03. The number of primary amides is 1. The lowest BCUT2D eigenvalue weighted by Gasteiger charge is -2.39. The van der Waals surface area contributed by atoms with Crippen LogP contribution in [0.15, 0.2) is 24.3 Å². The van der Waals surface area contributed by atoms with E-state index in [1.807, 2.05) is 12.1 Å². The van der Waals surface area contributed by atoms with Crippen LogP contribution in [0.4, 0.5) is 0 Å². The van der Waals surface area contributed by atoms with Gasteiger partial charge in [-0.15, -0.1) is 0 Å². The Bertz CT molecular complexity index is 501. The summed E-state index contributed by atoms with van der Waals surface area (Å²) in [6.07, 6.45) is 2.54. The number of carbonyl (C=O) groups excluding carboxylic acids is 2. The van der Waals surface area contributed by atoms with E-state index in [2.05, 4.69) is 26.0 Å². The van der Waals surface area contributed by atoms with Gasteiger partial charge in [0.2, 0.25) is 0 Å². The maximum Gasteiger partial charge on any atom is 0.317 e. The molecule has 0 spiro atoms. The zero-order valence-corrected chi connectivity index (χ0v) is 12.0. The first-order chi connectivity index (χ1) is 9.45. The van der Waals surface area contributed by atoms with E-state index in [9.17, 15) is 9.59 Å². The van der Waals surface area contributed by atoms with E-state index in [0.717, 1.165) is 24.8 Å². The summed E-state index contributed by atoms with van der Waals surface area (Å²) in [6, 6.07) is 8.11. The monoisotopic (exact) mass is 275 g/mol. The highest BCUT2D eigenvalue weighted by Crippen LogP contribution is 2.45. The third-order valence-electron chi connectivity index (χ3n) is 4.07. The van der Waals surface area contributed by atoms with E-state index in [4.69, 9.17) is 10.5 Å². The predicted octanol–water partition coefficient (Wildman–Crippen LogP) is 2.26. The Labute approximate surface area is 119 Å². The zero-order valence-electron chi connectivity index (χ0n) is 12.0. The summed E-state index contributed by atoms with van der Waals surface area (Å²) >= 11 is 0. The largest absolute Gasteiger partial charge is 0.455 e. The minimum Gasteiger partial charge on any atom is -0.455 e. The second-order valence-corrected chi connectivity index (χ2v) is 5.75. The van der Waals surface area contributed by atoms with Crippen LogP contribution in [-0.4, -0.2) is 18.5 Å². The smallest absolute Gasteiger partial charge is 0.317 e. The van der Waals surface area contributed by atoms with Crippen molar-refractivity contribution in [3.05, 3.63) is 35.4 Å². The van der Waals surface area contributed by atoms with Gasteiger partial charge >= 0.3 is 5.97 Å². The molecule has 20 heavy (non-hydrogen) atoms. The molecule has 1 aliphatic rings. The van der Waals surface area contributed by atoms with Crippen molar-refractivity contribution >= 4 is 11.9 Å². The number of hydrogen-bond donors (Lipinski definition) is 1. The van der Waals surface area contributed by atoms with Crippen molar-refractivity contribution in [2.45, 2.75) is 44.4 Å². The van der Waals surface area contributed by atoms with Crippen LogP contribution < -0.4 is 5.73 Å². The molecule has 2 N–H and O–H groups in total. The second kappa shape index (κ2) is 5.65. The van der Waals surface area contributed by atoms with Crippen LogP contribution in [0.1, 0.15) is 50.2 Å². The summed E-state index contributed by atoms with van der Waals surface area (Å²) in [4.78, 5) is 23.0. The molecule has 0 unspecified atom stereocenters. The molecule has 0 heterocycles. The van der Waals surface area contributed by atoms with Gasteiger partial charge in [-0.3, -0.25) is 9.59 Å². The number of hydrogen-bond acceptors (Lipinski definition) is 3. The first kappa shape index (κ1) is 14.6. The van der Waals surface area contributed by atoms with E-state index in [1.165, 1.54) is 5.56 Å². The van der Waals surface area contributed by atoms with Crippen molar-refractivity contribution < 1.29 is 14.3 Å². The van der Waals surface area contributed by atoms with Gasteiger partial charge in [-0.1, -0.05) is 44.5 Å². The van der Waals surface area contributed by atoms with Crippen LogP contribution >= 0.6 is 0 Å². The molecular formula is C16H21NO3. The topological polar surface area (TPSA) is 69.4 Å². The predicted molar refractivity (Wildman–Crippen MR) is 76.2 cm³/mol. The maximum absolute atomic E-state index is 12.2. The average Bonchev–Trinajstić information content (AvgIpc) is 2.35.